The Morgan fingerprint density at radius 3 is 2.48 bits per heavy atom. The maximum atomic E-state index is 12.3. The molecule has 1 fully saturated rings. The SMILES string of the molecule is COc1ccc(CCNC(=O)[C@@H]2CCC[C@@H]2CN)c(OC)c1OC.Cl. The summed E-state index contributed by atoms with van der Waals surface area (Å²) in [6.45, 7) is 1.14. The molecule has 7 heteroatoms. The van der Waals surface area contributed by atoms with Crippen molar-refractivity contribution in [2.24, 2.45) is 17.6 Å². The third kappa shape index (κ3) is 4.92. The lowest BCUT2D eigenvalue weighted by molar-refractivity contribution is -0.125. The van der Waals surface area contributed by atoms with Crippen LogP contribution in [0.25, 0.3) is 0 Å². The molecule has 0 aliphatic heterocycles. The van der Waals surface area contributed by atoms with Crippen LogP contribution in [-0.2, 0) is 11.2 Å². The largest absolute Gasteiger partial charge is 0.493 e. The number of benzene rings is 1. The van der Waals surface area contributed by atoms with Crippen LogP contribution in [-0.4, -0.2) is 40.3 Å². The Bertz CT molecular complexity index is 568. The molecule has 6 nitrogen and oxygen atoms in total. The fourth-order valence-electron chi connectivity index (χ4n) is 3.48. The Labute approximate surface area is 155 Å². The monoisotopic (exact) mass is 372 g/mol. The van der Waals surface area contributed by atoms with Crippen molar-refractivity contribution in [2.75, 3.05) is 34.4 Å². The van der Waals surface area contributed by atoms with Crippen LogP contribution in [0, 0.1) is 11.8 Å². The van der Waals surface area contributed by atoms with Crippen molar-refractivity contribution in [1.29, 1.82) is 0 Å². The summed E-state index contributed by atoms with van der Waals surface area (Å²) in [5.74, 6) is 2.33. The second kappa shape index (κ2) is 10.4. The number of ether oxygens (including phenoxy) is 3. The van der Waals surface area contributed by atoms with Crippen molar-refractivity contribution in [3.63, 3.8) is 0 Å². The van der Waals surface area contributed by atoms with E-state index in [-0.39, 0.29) is 24.2 Å². The molecule has 0 saturated heterocycles. The summed E-state index contributed by atoms with van der Waals surface area (Å²) in [6, 6.07) is 3.78. The quantitative estimate of drug-likeness (QED) is 0.730. The van der Waals surface area contributed by atoms with E-state index in [0.717, 1.165) is 24.8 Å². The Morgan fingerprint density at radius 2 is 1.88 bits per heavy atom. The highest BCUT2D eigenvalue weighted by molar-refractivity contribution is 5.85. The van der Waals surface area contributed by atoms with Crippen molar-refractivity contribution < 1.29 is 19.0 Å². The molecule has 0 radical (unpaired) electrons. The van der Waals surface area contributed by atoms with E-state index >= 15 is 0 Å². The molecule has 1 aliphatic carbocycles. The van der Waals surface area contributed by atoms with Gasteiger partial charge in [-0.3, -0.25) is 4.79 Å². The van der Waals surface area contributed by atoms with E-state index < -0.39 is 0 Å². The molecule has 25 heavy (non-hydrogen) atoms. The van der Waals surface area contributed by atoms with E-state index in [0.29, 0.717) is 42.7 Å². The van der Waals surface area contributed by atoms with E-state index in [1.807, 2.05) is 12.1 Å². The zero-order chi connectivity index (χ0) is 17.5. The molecule has 1 saturated carbocycles. The second-order valence-corrected chi connectivity index (χ2v) is 6.07. The van der Waals surface area contributed by atoms with Crippen LogP contribution in [0.15, 0.2) is 12.1 Å². The summed E-state index contributed by atoms with van der Waals surface area (Å²) in [6.07, 6.45) is 3.74. The summed E-state index contributed by atoms with van der Waals surface area (Å²) in [4.78, 5) is 12.3. The molecule has 1 aromatic rings. The first kappa shape index (κ1) is 21.4. The van der Waals surface area contributed by atoms with Crippen LogP contribution in [0.1, 0.15) is 24.8 Å². The maximum Gasteiger partial charge on any atom is 0.223 e. The van der Waals surface area contributed by atoms with Gasteiger partial charge in [0, 0.05) is 18.0 Å². The highest BCUT2D eigenvalue weighted by Crippen LogP contribution is 2.39. The summed E-state index contributed by atoms with van der Waals surface area (Å²) < 4.78 is 16.1. The second-order valence-electron chi connectivity index (χ2n) is 6.07. The number of nitrogens with two attached hydrogens (primary N) is 1. The molecule has 0 heterocycles. The molecule has 2 atom stereocenters. The molecule has 1 aliphatic rings. The average molecular weight is 373 g/mol. The number of carbonyl (C=O) groups excluding carboxylic acids is 1. The van der Waals surface area contributed by atoms with E-state index in [4.69, 9.17) is 19.9 Å². The number of carbonyl (C=O) groups is 1. The predicted molar refractivity (Wildman–Crippen MR) is 99.9 cm³/mol. The number of hydrogen-bond acceptors (Lipinski definition) is 5. The van der Waals surface area contributed by atoms with Crippen molar-refractivity contribution in [1.82, 2.24) is 5.32 Å². The van der Waals surface area contributed by atoms with Crippen LogP contribution < -0.4 is 25.3 Å². The highest BCUT2D eigenvalue weighted by atomic mass is 35.5. The van der Waals surface area contributed by atoms with E-state index in [1.165, 1.54) is 0 Å². The van der Waals surface area contributed by atoms with Crippen molar-refractivity contribution in [3.8, 4) is 17.2 Å². The minimum Gasteiger partial charge on any atom is -0.493 e. The van der Waals surface area contributed by atoms with Gasteiger partial charge in [0.25, 0.3) is 0 Å². The molecule has 1 amide bonds. The van der Waals surface area contributed by atoms with Crippen LogP contribution in [0.2, 0.25) is 0 Å². The fraction of sp³-hybridized carbons (Fsp3) is 0.611. The van der Waals surface area contributed by atoms with Crippen molar-refractivity contribution >= 4 is 18.3 Å². The van der Waals surface area contributed by atoms with Gasteiger partial charge in [-0.15, -0.1) is 12.4 Å². The van der Waals surface area contributed by atoms with Crippen LogP contribution in [0.3, 0.4) is 0 Å². The van der Waals surface area contributed by atoms with Crippen LogP contribution >= 0.6 is 12.4 Å². The number of halogens is 1. The van der Waals surface area contributed by atoms with Gasteiger partial charge >= 0.3 is 0 Å². The fourth-order valence-corrected chi connectivity index (χ4v) is 3.48. The molecule has 0 unspecified atom stereocenters. The highest BCUT2D eigenvalue weighted by Gasteiger charge is 2.31. The molecule has 0 aromatic heterocycles. The number of hydrogen-bond donors (Lipinski definition) is 2. The van der Waals surface area contributed by atoms with E-state index in [2.05, 4.69) is 5.32 Å². The van der Waals surface area contributed by atoms with Crippen molar-refractivity contribution in [2.45, 2.75) is 25.7 Å². The molecule has 0 spiro atoms. The molecule has 1 aromatic carbocycles. The smallest absolute Gasteiger partial charge is 0.223 e. The van der Waals surface area contributed by atoms with Gasteiger partial charge in [0.1, 0.15) is 0 Å². The summed E-state index contributed by atoms with van der Waals surface area (Å²) in [7, 11) is 4.77. The molecular formula is C18H29ClN2O4. The van der Waals surface area contributed by atoms with Gasteiger partial charge in [-0.05, 0) is 37.8 Å². The molecule has 142 valence electrons. The topological polar surface area (TPSA) is 82.8 Å². The predicted octanol–water partition coefficient (Wildman–Crippen LogP) is 2.17. The lowest BCUT2D eigenvalue weighted by Crippen LogP contribution is -2.36. The number of rotatable bonds is 8. The number of amides is 1. The first-order valence-electron chi connectivity index (χ1n) is 8.41. The molecular weight excluding hydrogens is 344 g/mol. The van der Waals surface area contributed by atoms with Crippen LogP contribution in [0.5, 0.6) is 17.2 Å². The zero-order valence-electron chi connectivity index (χ0n) is 15.2. The van der Waals surface area contributed by atoms with Crippen LogP contribution in [0.4, 0.5) is 0 Å². The summed E-state index contributed by atoms with van der Waals surface area (Å²) in [5, 5.41) is 3.03. The average Bonchev–Trinajstić information content (AvgIpc) is 3.09. The third-order valence-electron chi connectivity index (χ3n) is 4.78. The van der Waals surface area contributed by atoms with Crippen molar-refractivity contribution in [3.05, 3.63) is 17.7 Å². The lowest BCUT2D eigenvalue weighted by atomic mass is 9.95. The zero-order valence-corrected chi connectivity index (χ0v) is 16.0. The third-order valence-corrected chi connectivity index (χ3v) is 4.78. The van der Waals surface area contributed by atoms with Gasteiger partial charge in [0.2, 0.25) is 11.7 Å². The minimum atomic E-state index is 0. The standard InChI is InChI=1S/C18H28N2O4.ClH/c1-22-15-8-7-12(16(23-2)17(15)24-3)9-10-20-18(21)14-6-4-5-13(14)11-19;/h7-8,13-14H,4-6,9-11,19H2,1-3H3,(H,20,21);1H/t13-,14-;/m1./s1. The Morgan fingerprint density at radius 1 is 1.16 bits per heavy atom. The van der Waals surface area contributed by atoms with E-state index in [1.54, 1.807) is 21.3 Å². The Kier molecular flexibility index (Phi) is 8.86. The first-order valence-corrected chi connectivity index (χ1v) is 8.41. The Hall–Kier alpha value is -1.66. The lowest BCUT2D eigenvalue weighted by Gasteiger charge is -2.18. The normalized spacial score (nSPS) is 19.0. The Balaban J connectivity index is 0.00000312. The van der Waals surface area contributed by atoms with Gasteiger partial charge in [-0.2, -0.15) is 0 Å². The minimum absolute atomic E-state index is 0. The van der Waals surface area contributed by atoms with Gasteiger partial charge in [0.15, 0.2) is 11.5 Å². The number of nitrogens with one attached hydrogen (secondary N) is 1. The van der Waals surface area contributed by atoms with Gasteiger partial charge in [-0.1, -0.05) is 12.5 Å². The summed E-state index contributed by atoms with van der Waals surface area (Å²) >= 11 is 0. The first-order chi connectivity index (χ1) is 11.7. The maximum absolute atomic E-state index is 12.3. The molecule has 3 N–H and O–H groups in total. The molecule has 2 rings (SSSR count). The molecule has 0 bridgehead atoms. The van der Waals surface area contributed by atoms with Gasteiger partial charge in [-0.25, -0.2) is 0 Å². The van der Waals surface area contributed by atoms with Gasteiger partial charge in [0.05, 0.1) is 21.3 Å². The summed E-state index contributed by atoms with van der Waals surface area (Å²) in [5.41, 5.74) is 6.73. The number of methoxy groups -OCH3 is 3. The van der Waals surface area contributed by atoms with E-state index in [9.17, 15) is 4.79 Å². The van der Waals surface area contributed by atoms with Gasteiger partial charge < -0.3 is 25.3 Å².